The Kier molecular flexibility index (Phi) is 3.52. The summed E-state index contributed by atoms with van der Waals surface area (Å²) >= 11 is 0. The molecule has 2 aliphatic rings. The molecule has 1 aliphatic carbocycles. The van der Waals surface area contributed by atoms with Crippen LogP contribution < -0.4 is 10.1 Å². The Labute approximate surface area is 108 Å². The van der Waals surface area contributed by atoms with E-state index in [2.05, 4.69) is 29.6 Å². The molecular weight excluding hydrogens is 226 g/mol. The van der Waals surface area contributed by atoms with E-state index in [4.69, 9.17) is 9.47 Å². The fourth-order valence-corrected chi connectivity index (χ4v) is 2.56. The second-order valence-electron chi connectivity index (χ2n) is 5.20. The minimum Gasteiger partial charge on any atom is -0.490 e. The molecule has 3 nitrogen and oxygen atoms in total. The second kappa shape index (κ2) is 5.29. The van der Waals surface area contributed by atoms with Gasteiger partial charge in [0, 0.05) is 6.61 Å². The lowest BCUT2D eigenvalue weighted by Gasteiger charge is -2.23. The van der Waals surface area contributed by atoms with Gasteiger partial charge in [0.05, 0.1) is 18.2 Å². The van der Waals surface area contributed by atoms with Crippen LogP contribution in [0.2, 0.25) is 0 Å². The SMILES string of the molecule is CNC(c1ccc(OC2CC2)cc1)C1CCCO1. The number of nitrogens with one attached hydrogen (secondary N) is 1. The van der Waals surface area contributed by atoms with E-state index in [1.807, 2.05) is 7.05 Å². The van der Waals surface area contributed by atoms with Crippen LogP contribution in [0.1, 0.15) is 37.3 Å². The van der Waals surface area contributed by atoms with Gasteiger partial charge < -0.3 is 14.8 Å². The van der Waals surface area contributed by atoms with Crippen LogP contribution in [-0.2, 0) is 4.74 Å². The van der Waals surface area contributed by atoms with Crippen LogP contribution >= 0.6 is 0 Å². The summed E-state index contributed by atoms with van der Waals surface area (Å²) in [6, 6.07) is 8.75. The standard InChI is InChI=1S/C15H21NO2/c1-16-15(14-3-2-10-17-14)11-4-6-12(7-5-11)18-13-8-9-13/h4-7,13-16H,2-3,8-10H2,1H3. The third kappa shape index (κ3) is 2.68. The quantitative estimate of drug-likeness (QED) is 0.867. The van der Waals surface area contributed by atoms with Crippen molar-refractivity contribution >= 4 is 0 Å². The van der Waals surface area contributed by atoms with Gasteiger partial charge >= 0.3 is 0 Å². The molecule has 2 unspecified atom stereocenters. The van der Waals surface area contributed by atoms with Gasteiger partial charge in [-0.15, -0.1) is 0 Å². The highest BCUT2D eigenvalue weighted by Gasteiger charge is 2.26. The van der Waals surface area contributed by atoms with Gasteiger partial charge in [0.2, 0.25) is 0 Å². The molecule has 0 amide bonds. The Morgan fingerprint density at radius 1 is 1.22 bits per heavy atom. The summed E-state index contributed by atoms with van der Waals surface area (Å²) in [7, 11) is 2.00. The number of benzene rings is 1. The van der Waals surface area contributed by atoms with Crippen molar-refractivity contribution in [2.75, 3.05) is 13.7 Å². The number of hydrogen-bond acceptors (Lipinski definition) is 3. The molecule has 2 fully saturated rings. The lowest BCUT2D eigenvalue weighted by Crippen LogP contribution is -2.28. The van der Waals surface area contributed by atoms with E-state index in [-0.39, 0.29) is 0 Å². The fourth-order valence-electron chi connectivity index (χ4n) is 2.56. The lowest BCUT2D eigenvalue weighted by molar-refractivity contribution is 0.0807. The summed E-state index contributed by atoms with van der Waals surface area (Å²) in [6.07, 6.45) is 5.50. The molecule has 18 heavy (non-hydrogen) atoms. The summed E-state index contributed by atoms with van der Waals surface area (Å²) < 4.78 is 11.5. The molecule has 1 aliphatic heterocycles. The molecule has 1 saturated heterocycles. The minimum absolute atomic E-state index is 0.294. The van der Waals surface area contributed by atoms with Gasteiger partial charge in [-0.05, 0) is 50.4 Å². The highest BCUT2D eigenvalue weighted by Crippen LogP contribution is 2.30. The summed E-state index contributed by atoms with van der Waals surface area (Å²) in [5, 5.41) is 3.37. The zero-order chi connectivity index (χ0) is 12.4. The van der Waals surface area contributed by atoms with Crippen molar-refractivity contribution in [2.45, 2.75) is 43.9 Å². The topological polar surface area (TPSA) is 30.5 Å². The Balaban J connectivity index is 1.68. The van der Waals surface area contributed by atoms with E-state index in [1.165, 1.54) is 24.8 Å². The average molecular weight is 247 g/mol. The first-order valence-electron chi connectivity index (χ1n) is 6.92. The highest BCUT2D eigenvalue weighted by atomic mass is 16.5. The van der Waals surface area contributed by atoms with Crippen LogP contribution in [0.4, 0.5) is 0 Å². The van der Waals surface area contributed by atoms with Crippen molar-refractivity contribution in [3.63, 3.8) is 0 Å². The zero-order valence-corrected chi connectivity index (χ0v) is 10.9. The molecule has 3 heteroatoms. The van der Waals surface area contributed by atoms with E-state index < -0.39 is 0 Å². The van der Waals surface area contributed by atoms with Crippen molar-refractivity contribution in [1.29, 1.82) is 0 Å². The van der Waals surface area contributed by atoms with Crippen LogP contribution in [0.3, 0.4) is 0 Å². The van der Waals surface area contributed by atoms with Gasteiger partial charge in [-0.2, -0.15) is 0 Å². The van der Waals surface area contributed by atoms with E-state index in [1.54, 1.807) is 0 Å². The van der Waals surface area contributed by atoms with Gasteiger partial charge in [-0.1, -0.05) is 12.1 Å². The summed E-state index contributed by atoms with van der Waals surface area (Å²) in [5.41, 5.74) is 1.28. The molecule has 98 valence electrons. The maximum atomic E-state index is 5.77. The van der Waals surface area contributed by atoms with Crippen LogP contribution in [0.15, 0.2) is 24.3 Å². The zero-order valence-electron chi connectivity index (χ0n) is 10.9. The first-order valence-corrected chi connectivity index (χ1v) is 6.92. The van der Waals surface area contributed by atoms with Crippen molar-refractivity contribution in [3.05, 3.63) is 29.8 Å². The highest BCUT2D eigenvalue weighted by molar-refractivity contribution is 5.30. The average Bonchev–Trinajstić information content (AvgIpc) is 3.05. The van der Waals surface area contributed by atoms with Crippen LogP contribution in [0, 0.1) is 0 Å². The van der Waals surface area contributed by atoms with Crippen LogP contribution in [0.25, 0.3) is 0 Å². The minimum atomic E-state index is 0.294. The molecule has 1 heterocycles. The second-order valence-corrected chi connectivity index (χ2v) is 5.20. The number of ether oxygens (including phenoxy) is 2. The molecule has 1 aromatic carbocycles. The number of hydrogen-bond donors (Lipinski definition) is 1. The number of rotatable bonds is 5. The van der Waals surface area contributed by atoms with Crippen molar-refractivity contribution in [2.24, 2.45) is 0 Å². The third-order valence-corrected chi connectivity index (χ3v) is 3.71. The maximum absolute atomic E-state index is 5.77. The van der Waals surface area contributed by atoms with Crippen molar-refractivity contribution in [1.82, 2.24) is 5.32 Å². The Morgan fingerprint density at radius 2 is 2.00 bits per heavy atom. The normalized spacial score (nSPS) is 25.1. The molecule has 0 spiro atoms. The fraction of sp³-hybridized carbons (Fsp3) is 0.600. The van der Waals surface area contributed by atoms with Gasteiger partial charge in [0.1, 0.15) is 5.75 Å². The van der Waals surface area contributed by atoms with Crippen LogP contribution in [-0.4, -0.2) is 25.9 Å². The summed E-state index contributed by atoms with van der Waals surface area (Å²) in [6.45, 7) is 0.895. The molecule has 1 saturated carbocycles. The largest absolute Gasteiger partial charge is 0.490 e. The van der Waals surface area contributed by atoms with E-state index in [0.29, 0.717) is 18.2 Å². The van der Waals surface area contributed by atoms with Gasteiger partial charge in [-0.3, -0.25) is 0 Å². The molecule has 0 aromatic heterocycles. The van der Waals surface area contributed by atoms with Crippen molar-refractivity contribution in [3.8, 4) is 5.75 Å². The van der Waals surface area contributed by atoms with E-state index in [9.17, 15) is 0 Å². The molecule has 0 radical (unpaired) electrons. The molecule has 2 atom stereocenters. The van der Waals surface area contributed by atoms with Gasteiger partial charge in [-0.25, -0.2) is 0 Å². The third-order valence-electron chi connectivity index (χ3n) is 3.71. The van der Waals surface area contributed by atoms with E-state index >= 15 is 0 Å². The van der Waals surface area contributed by atoms with Gasteiger partial charge in [0.15, 0.2) is 0 Å². The lowest BCUT2D eigenvalue weighted by atomic mass is 9.99. The predicted molar refractivity (Wildman–Crippen MR) is 70.9 cm³/mol. The molecule has 3 rings (SSSR count). The Hall–Kier alpha value is -1.06. The molecule has 0 bridgehead atoms. The molecule has 1 aromatic rings. The van der Waals surface area contributed by atoms with Gasteiger partial charge in [0.25, 0.3) is 0 Å². The smallest absolute Gasteiger partial charge is 0.119 e. The predicted octanol–water partition coefficient (Wildman–Crippen LogP) is 2.67. The molecule has 1 N–H and O–H groups in total. The monoisotopic (exact) mass is 247 g/mol. The summed E-state index contributed by atoms with van der Waals surface area (Å²) in [5.74, 6) is 0.989. The Bertz CT molecular complexity index is 380. The Morgan fingerprint density at radius 3 is 2.56 bits per heavy atom. The first kappa shape index (κ1) is 12.0. The van der Waals surface area contributed by atoms with Crippen molar-refractivity contribution < 1.29 is 9.47 Å². The van der Waals surface area contributed by atoms with Crippen LogP contribution in [0.5, 0.6) is 5.75 Å². The summed E-state index contributed by atoms with van der Waals surface area (Å²) in [4.78, 5) is 0. The maximum Gasteiger partial charge on any atom is 0.119 e. The number of likely N-dealkylation sites (N-methyl/N-ethyl adjacent to an activating group) is 1. The molecular formula is C15H21NO2. The first-order chi connectivity index (χ1) is 8.86. The van der Waals surface area contributed by atoms with E-state index in [0.717, 1.165) is 18.8 Å².